The van der Waals surface area contributed by atoms with Crippen LogP contribution in [0.5, 0.6) is 0 Å². The van der Waals surface area contributed by atoms with E-state index in [1.807, 2.05) is 84.9 Å². The summed E-state index contributed by atoms with van der Waals surface area (Å²) in [5.41, 5.74) is 5.78. The largest absolute Gasteiger partial charge is 0.478 e. The Bertz CT molecular complexity index is 1090. The van der Waals surface area contributed by atoms with Gasteiger partial charge in [-0.15, -0.1) is 0 Å². The number of anilines is 2. The molecule has 0 fully saturated rings. The summed E-state index contributed by atoms with van der Waals surface area (Å²) in [5, 5.41) is 12.9. The zero-order chi connectivity index (χ0) is 19.3. The number of rotatable bonds is 5. The molecule has 0 aliphatic carbocycles. The highest BCUT2D eigenvalue weighted by atomic mass is 16.4. The average Bonchev–Trinajstić information content (AvgIpc) is 2.76. The van der Waals surface area contributed by atoms with E-state index in [1.165, 1.54) is 0 Å². The second-order valence-corrected chi connectivity index (χ2v) is 6.50. The van der Waals surface area contributed by atoms with Gasteiger partial charge in [0, 0.05) is 5.69 Å². The normalized spacial score (nSPS) is 10.4. The molecule has 0 heterocycles. The van der Waals surface area contributed by atoms with Gasteiger partial charge in [0.15, 0.2) is 0 Å². The second-order valence-electron chi connectivity index (χ2n) is 6.50. The minimum absolute atomic E-state index is 0.244. The van der Waals surface area contributed by atoms with E-state index in [4.69, 9.17) is 0 Å². The Balaban J connectivity index is 1.61. The molecule has 28 heavy (non-hydrogen) atoms. The Kier molecular flexibility index (Phi) is 4.89. The van der Waals surface area contributed by atoms with Gasteiger partial charge in [-0.2, -0.15) is 0 Å². The maximum absolute atomic E-state index is 11.8. The fraction of sp³-hybridized carbons (Fsp3) is 0. The first kappa shape index (κ1) is 17.6. The Labute approximate surface area is 163 Å². The summed E-state index contributed by atoms with van der Waals surface area (Å²) in [6.45, 7) is 0. The van der Waals surface area contributed by atoms with Gasteiger partial charge < -0.3 is 10.4 Å². The van der Waals surface area contributed by atoms with Gasteiger partial charge in [-0.25, -0.2) is 4.79 Å². The highest BCUT2D eigenvalue weighted by Crippen LogP contribution is 2.28. The molecule has 0 aliphatic heterocycles. The van der Waals surface area contributed by atoms with Crippen LogP contribution in [0.4, 0.5) is 11.4 Å². The van der Waals surface area contributed by atoms with Gasteiger partial charge in [0.1, 0.15) is 0 Å². The van der Waals surface area contributed by atoms with Crippen LogP contribution in [0.2, 0.25) is 0 Å². The van der Waals surface area contributed by atoms with Crippen molar-refractivity contribution >= 4 is 17.3 Å². The maximum atomic E-state index is 11.8. The third-order valence-corrected chi connectivity index (χ3v) is 4.63. The topological polar surface area (TPSA) is 49.3 Å². The van der Waals surface area contributed by atoms with Gasteiger partial charge in [-0.3, -0.25) is 0 Å². The first-order chi connectivity index (χ1) is 13.7. The molecular formula is C25H19NO2. The molecule has 0 bridgehead atoms. The lowest BCUT2D eigenvalue weighted by atomic mass is 10.0. The summed E-state index contributed by atoms with van der Waals surface area (Å²) < 4.78 is 0. The van der Waals surface area contributed by atoms with E-state index in [-0.39, 0.29) is 5.56 Å². The van der Waals surface area contributed by atoms with Crippen molar-refractivity contribution in [3.05, 3.63) is 109 Å². The van der Waals surface area contributed by atoms with Gasteiger partial charge in [0.05, 0.1) is 11.3 Å². The molecule has 0 aliphatic rings. The third kappa shape index (κ3) is 3.79. The van der Waals surface area contributed by atoms with Crippen LogP contribution >= 0.6 is 0 Å². The number of nitrogens with one attached hydrogen (secondary N) is 1. The summed E-state index contributed by atoms with van der Waals surface area (Å²) in [4.78, 5) is 11.8. The maximum Gasteiger partial charge on any atom is 0.337 e. The highest BCUT2D eigenvalue weighted by Gasteiger charge is 2.12. The SMILES string of the molecule is O=C(O)c1cc(-c2ccccc2)ccc1Nc1ccc(-c2ccccc2)cc1. The van der Waals surface area contributed by atoms with Gasteiger partial charge in [-0.05, 0) is 46.5 Å². The lowest BCUT2D eigenvalue weighted by Crippen LogP contribution is -2.03. The minimum Gasteiger partial charge on any atom is -0.478 e. The van der Waals surface area contributed by atoms with E-state index in [2.05, 4.69) is 17.4 Å². The van der Waals surface area contributed by atoms with Crippen LogP contribution in [0.3, 0.4) is 0 Å². The van der Waals surface area contributed by atoms with Crippen LogP contribution < -0.4 is 5.32 Å². The van der Waals surface area contributed by atoms with Crippen LogP contribution in [0.25, 0.3) is 22.3 Å². The van der Waals surface area contributed by atoms with Crippen molar-refractivity contribution in [2.75, 3.05) is 5.32 Å². The molecule has 0 saturated heterocycles. The number of hydrogen-bond donors (Lipinski definition) is 2. The number of aromatic carboxylic acids is 1. The predicted octanol–water partition coefficient (Wildman–Crippen LogP) is 6.46. The zero-order valence-electron chi connectivity index (χ0n) is 15.2. The first-order valence-electron chi connectivity index (χ1n) is 9.06. The van der Waals surface area contributed by atoms with Crippen molar-refractivity contribution in [2.24, 2.45) is 0 Å². The summed E-state index contributed by atoms with van der Waals surface area (Å²) in [7, 11) is 0. The van der Waals surface area contributed by atoms with Crippen molar-refractivity contribution in [2.45, 2.75) is 0 Å². The Hall–Kier alpha value is -3.85. The van der Waals surface area contributed by atoms with Crippen molar-refractivity contribution in [1.29, 1.82) is 0 Å². The van der Waals surface area contributed by atoms with Crippen molar-refractivity contribution in [3.8, 4) is 22.3 Å². The minimum atomic E-state index is -0.957. The molecular weight excluding hydrogens is 346 g/mol. The predicted molar refractivity (Wildman–Crippen MR) is 114 cm³/mol. The molecule has 3 nitrogen and oxygen atoms in total. The standard InChI is InChI=1S/C25H19NO2/c27-25(28)23-17-21(19-9-5-2-6-10-19)13-16-24(23)26-22-14-11-20(12-15-22)18-7-3-1-4-8-18/h1-17,26H,(H,27,28). The van der Waals surface area contributed by atoms with E-state index in [9.17, 15) is 9.90 Å². The summed E-state index contributed by atoms with van der Waals surface area (Å²) >= 11 is 0. The molecule has 0 aromatic heterocycles. The number of carbonyl (C=O) groups is 1. The quantitative estimate of drug-likeness (QED) is 0.426. The summed E-state index contributed by atoms with van der Waals surface area (Å²) in [5.74, 6) is -0.957. The molecule has 3 heteroatoms. The molecule has 0 spiro atoms. The smallest absolute Gasteiger partial charge is 0.337 e. The average molecular weight is 365 g/mol. The Morgan fingerprint density at radius 2 is 1.11 bits per heavy atom. The summed E-state index contributed by atoms with van der Waals surface area (Å²) in [6, 6.07) is 33.3. The molecule has 0 radical (unpaired) electrons. The Morgan fingerprint density at radius 1 is 0.607 bits per heavy atom. The molecule has 0 amide bonds. The van der Waals surface area contributed by atoms with Crippen LogP contribution in [-0.4, -0.2) is 11.1 Å². The molecule has 4 rings (SSSR count). The van der Waals surface area contributed by atoms with Gasteiger partial charge >= 0.3 is 5.97 Å². The van der Waals surface area contributed by atoms with E-state index in [0.29, 0.717) is 5.69 Å². The number of carboxylic acid groups (broad SMARTS) is 1. The number of hydrogen-bond acceptors (Lipinski definition) is 2. The van der Waals surface area contributed by atoms with Crippen molar-refractivity contribution in [3.63, 3.8) is 0 Å². The van der Waals surface area contributed by atoms with Crippen LogP contribution in [0.15, 0.2) is 103 Å². The third-order valence-electron chi connectivity index (χ3n) is 4.63. The fourth-order valence-corrected chi connectivity index (χ4v) is 3.17. The van der Waals surface area contributed by atoms with Crippen molar-refractivity contribution < 1.29 is 9.90 Å². The molecule has 4 aromatic carbocycles. The Morgan fingerprint density at radius 3 is 1.68 bits per heavy atom. The first-order valence-corrected chi connectivity index (χ1v) is 9.06. The van der Waals surface area contributed by atoms with E-state index < -0.39 is 5.97 Å². The number of carboxylic acids is 1. The molecule has 4 aromatic rings. The van der Waals surface area contributed by atoms with E-state index >= 15 is 0 Å². The van der Waals surface area contributed by atoms with Gasteiger partial charge in [-0.1, -0.05) is 78.9 Å². The molecule has 0 atom stereocenters. The van der Waals surface area contributed by atoms with Gasteiger partial charge in [0.2, 0.25) is 0 Å². The molecule has 2 N–H and O–H groups in total. The van der Waals surface area contributed by atoms with Crippen LogP contribution in [-0.2, 0) is 0 Å². The van der Waals surface area contributed by atoms with E-state index in [1.54, 1.807) is 6.07 Å². The van der Waals surface area contributed by atoms with E-state index in [0.717, 1.165) is 27.9 Å². The lowest BCUT2D eigenvalue weighted by molar-refractivity contribution is 0.0698. The fourth-order valence-electron chi connectivity index (χ4n) is 3.17. The van der Waals surface area contributed by atoms with Crippen LogP contribution in [0, 0.1) is 0 Å². The zero-order valence-corrected chi connectivity index (χ0v) is 15.2. The summed E-state index contributed by atoms with van der Waals surface area (Å²) in [6.07, 6.45) is 0. The molecule has 0 unspecified atom stereocenters. The second kappa shape index (κ2) is 7.80. The van der Waals surface area contributed by atoms with Crippen LogP contribution in [0.1, 0.15) is 10.4 Å². The van der Waals surface area contributed by atoms with Gasteiger partial charge in [0.25, 0.3) is 0 Å². The monoisotopic (exact) mass is 365 g/mol. The highest BCUT2D eigenvalue weighted by molar-refractivity contribution is 5.97. The molecule has 0 saturated carbocycles. The number of benzene rings is 4. The van der Waals surface area contributed by atoms with Crippen molar-refractivity contribution in [1.82, 2.24) is 0 Å². The molecule has 136 valence electrons. The lowest BCUT2D eigenvalue weighted by Gasteiger charge is -2.12.